The molecule has 0 saturated carbocycles. The van der Waals surface area contributed by atoms with E-state index in [0.29, 0.717) is 0 Å². The molecule has 0 aliphatic carbocycles. The molecule has 1 N–H and O–H groups in total. The van der Waals surface area contributed by atoms with Gasteiger partial charge in [0.05, 0.1) is 11.7 Å². The zero-order valence-electron chi connectivity index (χ0n) is 16.2. The maximum atomic E-state index is 12.7. The van der Waals surface area contributed by atoms with Gasteiger partial charge < -0.3 is 5.32 Å². The average molecular weight is 363 g/mol. The minimum atomic E-state index is -0.243. The average Bonchev–Trinajstić information content (AvgIpc) is 3.11. The third-order valence-corrected chi connectivity index (χ3v) is 4.66. The zero-order valence-corrected chi connectivity index (χ0v) is 16.2. The van der Waals surface area contributed by atoms with Crippen LogP contribution in [0.25, 0.3) is 0 Å². The van der Waals surface area contributed by atoms with Crippen molar-refractivity contribution in [1.29, 1.82) is 0 Å². The predicted octanol–water partition coefficient (Wildman–Crippen LogP) is 3.32. The molecule has 27 heavy (non-hydrogen) atoms. The first-order valence-corrected chi connectivity index (χ1v) is 9.10. The smallest absolute Gasteiger partial charge is 0.242 e. The van der Waals surface area contributed by atoms with E-state index >= 15 is 0 Å². The lowest BCUT2D eigenvalue weighted by Crippen LogP contribution is -2.32. The summed E-state index contributed by atoms with van der Waals surface area (Å²) in [4.78, 5) is 16.8. The summed E-state index contributed by atoms with van der Waals surface area (Å²) in [5.74, 6) is 0.164. The number of carbonyl (C=O) groups excluding carboxylic acids is 1. The van der Waals surface area contributed by atoms with E-state index in [0.717, 1.165) is 16.8 Å². The molecule has 2 aromatic heterocycles. The van der Waals surface area contributed by atoms with Gasteiger partial charge in [0.2, 0.25) is 5.91 Å². The van der Waals surface area contributed by atoms with Crippen molar-refractivity contribution >= 4 is 5.91 Å². The largest absolute Gasteiger partial charge is 0.344 e. The molecule has 3 aromatic rings. The van der Waals surface area contributed by atoms with Gasteiger partial charge in [-0.15, -0.1) is 5.10 Å². The molecule has 3 rings (SSSR count). The molecule has 1 amide bonds. The van der Waals surface area contributed by atoms with Crippen LogP contribution in [0.2, 0.25) is 0 Å². The highest BCUT2D eigenvalue weighted by Crippen LogP contribution is 2.24. The quantitative estimate of drug-likeness (QED) is 0.729. The number of hydrogen-bond donors (Lipinski definition) is 1. The normalized spacial score (nSPS) is 12.2. The van der Waals surface area contributed by atoms with E-state index in [1.165, 1.54) is 11.1 Å². The number of hydrogen-bond acceptors (Lipinski definition) is 4. The number of rotatable bonds is 6. The van der Waals surface area contributed by atoms with E-state index in [1.807, 2.05) is 32.2 Å². The summed E-state index contributed by atoms with van der Waals surface area (Å²) in [6.07, 6.45) is 5.30. The Balaban J connectivity index is 1.82. The van der Waals surface area contributed by atoms with Crippen LogP contribution in [-0.4, -0.2) is 25.9 Å². The number of amides is 1. The summed E-state index contributed by atoms with van der Waals surface area (Å²) < 4.78 is 1.58. The molecule has 0 spiro atoms. The van der Waals surface area contributed by atoms with Crippen molar-refractivity contribution in [2.75, 3.05) is 0 Å². The van der Waals surface area contributed by atoms with Gasteiger partial charge in [0.25, 0.3) is 0 Å². The fourth-order valence-electron chi connectivity index (χ4n) is 2.87. The maximum Gasteiger partial charge on any atom is 0.242 e. The first-order chi connectivity index (χ1) is 12.9. The highest BCUT2D eigenvalue weighted by Gasteiger charge is 2.18. The van der Waals surface area contributed by atoms with E-state index in [2.05, 4.69) is 52.7 Å². The van der Waals surface area contributed by atoms with Crippen LogP contribution in [0.3, 0.4) is 0 Å². The Hall–Kier alpha value is -3.02. The number of carbonyl (C=O) groups is 1. The lowest BCUT2D eigenvalue weighted by atomic mass is 9.96. The molecule has 140 valence electrons. The molecule has 0 aliphatic heterocycles. The second kappa shape index (κ2) is 8.12. The summed E-state index contributed by atoms with van der Waals surface area (Å²) in [7, 11) is 0. The first kappa shape index (κ1) is 18.8. The molecule has 6 nitrogen and oxygen atoms in total. The molecule has 0 aliphatic rings. The van der Waals surface area contributed by atoms with Crippen molar-refractivity contribution in [3.63, 3.8) is 0 Å². The van der Waals surface area contributed by atoms with Crippen LogP contribution >= 0.6 is 0 Å². The fourth-order valence-corrected chi connectivity index (χ4v) is 2.87. The summed E-state index contributed by atoms with van der Waals surface area (Å²) in [6.45, 7) is 8.39. The van der Waals surface area contributed by atoms with Gasteiger partial charge in [-0.05, 0) is 54.2 Å². The number of nitrogens with zero attached hydrogens (tertiary/aromatic N) is 4. The standard InChI is InChI=1S/C21H25N5O/c1-14(2)19-12-26(25-24-19)13-20(27)23-21(17-7-9-22-10-8-17)18-6-5-15(3)16(4)11-18/h5-12,14,21H,13H2,1-4H3,(H,23,27). The molecule has 0 saturated heterocycles. The van der Waals surface area contributed by atoms with Crippen LogP contribution in [0, 0.1) is 13.8 Å². The molecule has 0 fully saturated rings. The van der Waals surface area contributed by atoms with Gasteiger partial charge in [-0.3, -0.25) is 9.78 Å². The Morgan fingerprint density at radius 1 is 1.07 bits per heavy atom. The number of aromatic nitrogens is 4. The number of nitrogens with one attached hydrogen (secondary N) is 1. The van der Waals surface area contributed by atoms with Gasteiger partial charge in [0, 0.05) is 18.6 Å². The fraction of sp³-hybridized carbons (Fsp3) is 0.333. The first-order valence-electron chi connectivity index (χ1n) is 9.10. The van der Waals surface area contributed by atoms with Gasteiger partial charge >= 0.3 is 0 Å². The lowest BCUT2D eigenvalue weighted by Gasteiger charge is -2.20. The van der Waals surface area contributed by atoms with E-state index in [9.17, 15) is 4.79 Å². The van der Waals surface area contributed by atoms with Crippen molar-refractivity contribution in [2.45, 2.75) is 46.2 Å². The van der Waals surface area contributed by atoms with Crippen molar-refractivity contribution in [3.8, 4) is 0 Å². The molecule has 6 heteroatoms. The minimum Gasteiger partial charge on any atom is -0.344 e. The van der Waals surface area contributed by atoms with Crippen LogP contribution in [-0.2, 0) is 11.3 Å². The van der Waals surface area contributed by atoms with Crippen molar-refractivity contribution < 1.29 is 4.79 Å². The van der Waals surface area contributed by atoms with Crippen LogP contribution in [0.4, 0.5) is 0 Å². The molecule has 2 heterocycles. The zero-order chi connectivity index (χ0) is 19.4. The van der Waals surface area contributed by atoms with E-state index in [4.69, 9.17) is 0 Å². The molecule has 1 unspecified atom stereocenters. The number of pyridine rings is 1. The minimum absolute atomic E-state index is 0.116. The third-order valence-electron chi connectivity index (χ3n) is 4.66. The molecule has 0 bridgehead atoms. The van der Waals surface area contributed by atoms with Crippen molar-refractivity contribution in [2.24, 2.45) is 0 Å². The Kier molecular flexibility index (Phi) is 5.64. The Morgan fingerprint density at radius 3 is 2.44 bits per heavy atom. The Bertz CT molecular complexity index is 917. The number of benzene rings is 1. The van der Waals surface area contributed by atoms with E-state index < -0.39 is 0 Å². The van der Waals surface area contributed by atoms with Crippen LogP contribution in [0.1, 0.15) is 53.8 Å². The second-order valence-corrected chi connectivity index (χ2v) is 7.12. The highest BCUT2D eigenvalue weighted by atomic mass is 16.2. The summed E-state index contributed by atoms with van der Waals surface area (Å²) in [5, 5.41) is 11.3. The topological polar surface area (TPSA) is 72.7 Å². The molecule has 0 radical (unpaired) electrons. The van der Waals surface area contributed by atoms with Gasteiger partial charge in [0.15, 0.2) is 0 Å². The van der Waals surface area contributed by atoms with Crippen molar-refractivity contribution in [3.05, 3.63) is 76.9 Å². The summed E-state index contributed by atoms with van der Waals surface area (Å²) >= 11 is 0. The maximum absolute atomic E-state index is 12.7. The predicted molar refractivity (Wildman–Crippen MR) is 104 cm³/mol. The summed E-state index contributed by atoms with van der Waals surface area (Å²) in [6, 6.07) is 9.86. The Morgan fingerprint density at radius 2 is 1.81 bits per heavy atom. The Labute approximate surface area is 159 Å². The lowest BCUT2D eigenvalue weighted by molar-refractivity contribution is -0.122. The van der Waals surface area contributed by atoms with Crippen LogP contribution < -0.4 is 5.32 Å². The van der Waals surface area contributed by atoms with Gasteiger partial charge in [0.1, 0.15) is 6.54 Å². The number of aryl methyl sites for hydroxylation is 2. The molecular weight excluding hydrogens is 338 g/mol. The molecule has 1 aromatic carbocycles. The highest BCUT2D eigenvalue weighted by molar-refractivity contribution is 5.76. The third kappa shape index (κ3) is 4.58. The second-order valence-electron chi connectivity index (χ2n) is 7.12. The summed E-state index contributed by atoms with van der Waals surface area (Å²) in [5.41, 5.74) is 5.32. The van der Waals surface area contributed by atoms with E-state index in [1.54, 1.807) is 17.1 Å². The molecule has 1 atom stereocenters. The van der Waals surface area contributed by atoms with Crippen molar-refractivity contribution in [1.82, 2.24) is 25.3 Å². The monoisotopic (exact) mass is 363 g/mol. The van der Waals surface area contributed by atoms with Gasteiger partial charge in [-0.1, -0.05) is 37.3 Å². The van der Waals surface area contributed by atoms with E-state index in [-0.39, 0.29) is 24.4 Å². The van der Waals surface area contributed by atoms with Crippen LogP contribution in [0.5, 0.6) is 0 Å². The van der Waals surface area contributed by atoms with Crippen LogP contribution in [0.15, 0.2) is 48.9 Å². The van der Waals surface area contributed by atoms with Gasteiger partial charge in [-0.25, -0.2) is 4.68 Å². The van der Waals surface area contributed by atoms with Gasteiger partial charge in [-0.2, -0.15) is 0 Å². The molecular formula is C21H25N5O. The SMILES string of the molecule is Cc1ccc(C(NC(=O)Cn2cc(C(C)C)nn2)c2ccncc2)cc1C.